The summed E-state index contributed by atoms with van der Waals surface area (Å²) in [5.74, 6) is -0.910. The van der Waals surface area contributed by atoms with E-state index in [2.05, 4.69) is 0 Å². The SMILES string of the molecule is C[C@@H]1OC(=O)[C@@H](C)COC[C@H](Cc2ccccc2)[C@H]1OCCCC(F)(F)F.[Cl-]. The van der Waals surface area contributed by atoms with Gasteiger partial charge in [-0.3, -0.25) is 4.79 Å². The monoisotopic (exact) mass is 423 g/mol. The largest absolute Gasteiger partial charge is 1.00 e. The van der Waals surface area contributed by atoms with Crippen LogP contribution in [0.15, 0.2) is 30.3 Å². The maximum atomic E-state index is 12.4. The molecule has 0 radical (unpaired) electrons. The lowest BCUT2D eigenvalue weighted by Crippen LogP contribution is -3.00. The second-order valence-electron chi connectivity index (χ2n) is 7.08. The predicted molar refractivity (Wildman–Crippen MR) is 94.2 cm³/mol. The lowest BCUT2D eigenvalue weighted by Gasteiger charge is -2.31. The zero-order valence-corrected chi connectivity index (χ0v) is 16.8. The van der Waals surface area contributed by atoms with Crippen LogP contribution in [-0.2, 0) is 25.4 Å². The number of hydrogen-bond acceptors (Lipinski definition) is 4. The number of halogens is 4. The van der Waals surface area contributed by atoms with E-state index in [1.54, 1.807) is 13.8 Å². The second kappa shape index (κ2) is 11.6. The molecule has 8 heteroatoms. The van der Waals surface area contributed by atoms with Gasteiger partial charge in [-0.25, -0.2) is 0 Å². The molecule has 1 fully saturated rings. The first-order valence-corrected chi connectivity index (χ1v) is 9.27. The Morgan fingerprint density at radius 1 is 1.14 bits per heavy atom. The van der Waals surface area contributed by atoms with Gasteiger partial charge in [0.15, 0.2) is 0 Å². The Hall–Kier alpha value is -1.31. The number of ether oxygens (including phenoxy) is 3. The van der Waals surface area contributed by atoms with Gasteiger partial charge in [-0.2, -0.15) is 13.2 Å². The molecule has 0 N–H and O–H groups in total. The van der Waals surface area contributed by atoms with Gasteiger partial charge in [-0.05, 0) is 32.3 Å². The number of alkyl halides is 3. The minimum Gasteiger partial charge on any atom is -1.00 e. The van der Waals surface area contributed by atoms with Crippen LogP contribution in [0.2, 0.25) is 0 Å². The van der Waals surface area contributed by atoms with Gasteiger partial charge in [0.2, 0.25) is 0 Å². The van der Waals surface area contributed by atoms with Gasteiger partial charge in [-0.15, -0.1) is 0 Å². The summed E-state index contributed by atoms with van der Waals surface area (Å²) in [6.45, 7) is 4.00. The standard InChI is InChI=1S/C20H27F3O4.ClH/c1-14-12-25-13-17(11-16-7-4-3-5-8-16)18(15(2)27-19(14)24)26-10-6-9-20(21,22)23;/h3-5,7-8,14-15,17-18H,6,9-13H2,1-2H3;1H/p-1/t14-,15-,17-,18-;/m0./s1. The van der Waals surface area contributed by atoms with E-state index in [9.17, 15) is 18.0 Å². The molecule has 0 unspecified atom stereocenters. The highest BCUT2D eigenvalue weighted by molar-refractivity contribution is 5.72. The normalized spacial score (nSPS) is 26.4. The van der Waals surface area contributed by atoms with Crippen LogP contribution in [0.25, 0.3) is 0 Å². The van der Waals surface area contributed by atoms with Crippen LogP contribution >= 0.6 is 0 Å². The molecule has 0 saturated carbocycles. The molecule has 1 aliphatic rings. The molecular weight excluding hydrogens is 397 g/mol. The average molecular weight is 424 g/mol. The molecule has 1 aromatic rings. The average Bonchev–Trinajstić information content (AvgIpc) is 2.64. The Bertz CT molecular complexity index is 583. The van der Waals surface area contributed by atoms with E-state index < -0.39 is 30.7 Å². The first-order chi connectivity index (χ1) is 12.8. The number of cyclic esters (lactones) is 1. The van der Waals surface area contributed by atoms with Gasteiger partial charge in [0.05, 0.1) is 25.2 Å². The summed E-state index contributed by atoms with van der Waals surface area (Å²) in [4.78, 5) is 12.1. The van der Waals surface area contributed by atoms with Crippen molar-refractivity contribution in [3.05, 3.63) is 35.9 Å². The first kappa shape index (κ1) is 24.7. The van der Waals surface area contributed by atoms with Crippen LogP contribution in [0.1, 0.15) is 32.3 Å². The smallest absolute Gasteiger partial charge is 0.389 e. The number of carbonyl (C=O) groups is 1. The molecule has 0 bridgehead atoms. The number of benzene rings is 1. The molecule has 0 spiro atoms. The molecule has 4 atom stereocenters. The van der Waals surface area contributed by atoms with E-state index in [0.29, 0.717) is 13.0 Å². The second-order valence-corrected chi connectivity index (χ2v) is 7.08. The number of hydrogen-bond donors (Lipinski definition) is 0. The van der Waals surface area contributed by atoms with Gasteiger partial charge in [-0.1, -0.05) is 30.3 Å². The maximum Gasteiger partial charge on any atom is 0.389 e. The summed E-state index contributed by atoms with van der Waals surface area (Å²) in [6, 6.07) is 9.73. The van der Waals surface area contributed by atoms with E-state index in [-0.39, 0.29) is 43.9 Å². The van der Waals surface area contributed by atoms with Crippen molar-refractivity contribution >= 4 is 5.97 Å². The highest BCUT2D eigenvalue weighted by atomic mass is 35.5. The number of rotatable bonds is 6. The maximum absolute atomic E-state index is 12.4. The molecule has 1 saturated heterocycles. The summed E-state index contributed by atoms with van der Waals surface area (Å²) in [5, 5.41) is 0. The van der Waals surface area contributed by atoms with Crippen LogP contribution in [0.3, 0.4) is 0 Å². The zero-order valence-electron chi connectivity index (χ0n) is 16.1. The third-order valence-corrected chi connectivity index (χ3v) is 4.59. The van der Waals surface area contributed by atoms with Gasteiger partial charge in [0, 0.05) is 18.9 Å². The molecule has 1 aromatic carbocycles. The minimum absolute atomic E-state index is 0. The summed E-state index contributed by atoms with van der Waals surface area (Å²) in [5.41, 5.74) is 1.07. The Morgan fingerprint density at radius 2 is 1.82 bits per heavy atom. The van der Waals surface area contributed by atoms with E-state index in [1.165, 1.54) is 0 Å². The molecular formula is C20H27ClF3O4-. The van der Waals surface area contributed by atoms with E-state index in [0.717, 1.165) is 5.56 Å². The van der Waals surface area contributed by atoms with Crippen LogP contribution in [-0.4, -0.2) is 44.2 Å². The Labute approximate surface area is 170 Å². The molecule has 1 aliphatic heterocycles. The van der Waals surface area contributed by atoms with Gasteiger partial charge >= 0.3 is 12.1 Å². The summed E-state index contributed by atoms with van der Waals surface area (Å²) in [6.07, 6.45) is -5.71. The first-order valence-electron chi connectivity index (χ1n) is 9.27. The summed E-state index contributed by atoms with van der Waals surface area (Å²) >= 11 is 0. The lowest BCUT2D eigenvalue weighted by molar-refractivity contribution is -0.163. The summed E-state index contributed by atoms with van der Waals surface area (Å²) < 4.78 is 54.1. The third kappa shape index (κ3) is 8.37. The predicted octanol–water partition coefficient (Wildman–Crippen LogP) is 1.18. The Balaban J connectivity index is 0.00000392. The van der Waals surface area contributed by atoms with E-state index in [4.69, 9.17) is 14.2 Å². The van der Waals surface area contributed by atoms with Gasteiger partial charge < -0.3 is 26.6 Å². The summed E-state index contributed by atoms with van der Waals surface area (Å²) in [7, 11) is 0. The fraction of sp³-hybridized carbons (Fsp3) is 0.650. The quantitative estimate of drug-likeness (QED) is 0.509. The Morgan fingerprint density at radius 3 is 2.46 bits per heavy atom. The lowest BCUT2D eigenvalue weighted by atomic mass is 9.91. The fourth-order valence-electron chi connectivity index (χ4n) is 3.16. The van der Waals surface area contributed by atoms with Crippen LogP contribution < -0.4 is 12.4 Å². The van der Waals surface area contributed by atoms with Gasteiger partial charge in [0.1, 0.15) is 6.10 Å². The topological polar surface area (TPSA) is 44.8 Å². The van der Waals surface area contributed by atoms with Crippen molar-refractivity contribution in [2.45, 2.75) is 51.5 Å². The molecule has 4 nitrogen and oxygen atoms in total. The number of carbonyl (C=O) groups excluding carboxylic acids is 1. The Kier molecular flexibility index (Phi) is 10.3. The van der Waals surface area contributed by atoms with Crippen LogP contribution in [0.4, 0.5) is 13.2 Å². The molecule has 0 amide bonds. The molecule has 28 heavy (non-hydrogen) atoms. The minimum atomic E-state index is -4.21. The van der Waals surface area contributed by atoms with E-state index in [1.807, 2.05) is 30.3 Å². The number of esters is 1. The van der Waals surface area contributed by atoms with Crippen molar-refractivity contribution in [2.75, 3.05) is 19.8 Å². The van der Waals surface area contributed by atoms with Crippen molar-refractivity contribution in [1.82, 2.24) is 0 Å². The fourth-order valence-corrected chi connectivity index (χ4v) is 3.16. The van der Waals surface area contributed by atoms with Gasteiger partial charge in [0.25, 0.3) is 0 Å². The van der Waals surface area contributed by atoms with E-state index >= 15 is 0 Å². The third-order valence-electron chi connectivity index (χ3n) is 4.59. The zero-order chi connectivity index (χ0) is 19.9. The highest BCUT2D eigenvalue weighted by Gasteiger charge is 2.34. The van der Waals surface area contributed by atoms with Crippen LogP contribution in [0, 0.1) is 11.8 Å². The molecule has 1 heterocycles. The molecule has 2 rings (SSSR count). The van der Waals surface area contributed by atoms with Crippen molar-refractivity contribution in [1.29, 1.82) is 0 Å². The van der Waals surface area contributed by atoms with Crippen molar-refractivity contribution in [3.63, 3.8) is 0 Å². The van der Waals surface area contributed by atoms with Crippen LogP contribution in [0.5, 0.6) is 0 Å². The van der Waals surface area contributed by atoms with Crippen molar-refractivity contribution in [2.24, 2.45) is 11.8 Å². The van der Waals surface area contributed by atoms with Crippen molar-refractivity contribution in [3.8, 4) is 0 Å². The van der Waals surface area contributed by atoms with Crippen molar-refractivity contribution < 1.29 is 44.6 Å². The molecule has 0 aromatic heterocycles. The highest BCUT2D eigenvalue weighted by Crippen LogP contribution is 2.25. The molecule has 160 valence electrons. The molecule has 0 aliphatic carbocycles.